The summed E-state index contributed by atoms with van der Waals surface area (Å²) in [6.45, 7) is 0. The predicted octanol–water partition coefficient (Wildman–Crippen LogP) is 4.71. The predicted molar refractivity (Wildman–Crippen MR) is 62.0 cm³/mol. The second-order valence-corrected chi connectivity index (χ2v) is 4.18. The highest BCUT2D eigenvalue weighted by Crippen LogP contribution is 2.32. The van der Waals surface area contributed by atoms with Crippen molar-refractivity contribution in [2.24, 2.45) is 0 Å². The van der Waals surface area contributed by atoms with Crippen molar-refractivity contribution in [3.63, 3.8) is 0 Å². The van der Waals surface area contributed by atoms with Gasteiger partial charge in [-0.25, -0.2) is 8.78 Å². The summed E-state index contributed by atoms with van der Waals surface area (Å²) in [6, 6.07) is 4.34. The molecule has 19 heavy (non-hydrogen) atoms. The number of rotatable bonds is 1. The summed E-state index contributed by atoms with van der Waals surface area (Å²) in [5, 5.41) is 0. The first kappa shape index (κ1) is 13.7. The molecular weight excluding hydrogens is 285 g/mol. The normalized spacial score (nSPS) is 11.6. The molecule has 2 aromatic rings. The molecule has 1 heterocycles. The molecule has 0 atom stereocenters. The zero-order chi connectivity index (χ0) is 14.2. The van der Waals surface area contributed by atoms with Crippen molar-refractivity contribution < 1.29 is 22.0 Å². The van der Waals surface area contributed by atoms with Crippen LogP contribution in [0.2, 0.25) is 0 Å². The van der Waals surface area contributed by atoms with E-state index in [4.69, 9.17) is 0 Å². The van der Waals surface area contributed by atoms with Crippen molar-refractivity contribution in [2.75, 3.05) is 0 Å². The molecule has 0 radical (unpaired) electrons. The Morgan fingerprint density at radius 1 is 1.00 bits per heavy atom. The maximum absolute atomic E-state index is 13.5. The number of H-pyrrole nitrogens is 1. The Hall–Kier alpha value is -1.76. The molecule has 0 saturated carbocycles. The largest absolute Gasteiger partial charge is 0.416 e. The van der Waals surface area contributed by atoms with Gasteiger partial charge in [-0.2, -0.15) is 13.2 Å². The van der Waals surface area contributed by atoms with E-state index < -0.39 is 28.9 Å². The number of aromatic nitrogens is 1. The van der Waals surface area contributed by atoms with Crippen LogP contribution in [0.25, 0.3) is 11.3 Å². The van der Waals surface area contributed by atoms with Gasteiger partial charge in [0.05, 0.1) is 16.8 Å². The van der Waals surface area contributed by atoms with Gasteiger partial charge in [0.1, 0.15) is 16.3 Å². The smallest absolute Gasteiger partial charge is 0.346 e. The van der Waals surface area contributed by atoms with Crippen LogP contribution in [-0.2, 0) is 6.18 Å². The second-order valence-electron chi connectivity index (χ2n) is 3.74. The van der Waals surface area contributed by atoms with Gasteiger partial charge in [-0.3, -0.25) is 0 Å². The van der Waals surface area contributed by atoms with Crippen molar-refractivity contribution in [1.82, 2.24) is 4.98 Å². The van der Waals surface area contributed by atoms with E-state index in [-0.39, 0.29) is 10.3 Å². The van der Waals surface area contributed by atoms with E-state index in [1.807, 2.05) is 0 Å². The lowest BCUT2D eigenvalue weighted by atomic mass is 10.1. The van der Waals surface area contributed by atoms with Gasteiger partial charge in [0.25, 0.3) is 0 Å². The summed E-state index contributed by atoms with van der Waals surface area (Å²) < 4.78 is 64.6. The minimum Gasteiger partial charge on any atom is -0.346 e. The Bertz CT molecular complexity index is 654. The Kier molecular flexibility index (Phi) is 3.40. The molecule has 1 aromatic carbocycles. The maximum Gasteiger partial charge on any atom is 0.416 e. The molecule has 0 saturated heterocycles. The first-order valence-corrected chi connectivity index (χ1v) is 5.46. The van der Waals surface area contributed by atoms with Crippen LogP contribution >= 0.6 is 12.2 Å². The minimum absolute atomic E-state index is 0.257. The van der Waals surface area contributed by atoms with Crippen LogP contribution in [0.1, 0.15) is 5.56 Å². The number of alkyl halides is 3. The van der Waals surface area contributed by atoms with E-state index in [1.165, 1.54) is 0 Å². The zero-order valence-corrected chi connectivity index (χ0v) is 10.0. The molecule has 1 nitrogen and oxygen atoms in total. The topological polar surface area (TPSA) is 15.8 Å². The highest BCUT2D eigenvalue weighted by molar-refractivity contribution is 7.71. The lowest BCUT2D eigenvalue weighted by Gasteiger charge is -2.10. The monoisotopic (exact) mass is 291 g/mol. The first-order valence-electron chi connectivity index (χ1n) is 5.05. The standard InChI is InChI=1S/C12H6F5NS/c13-7-2-1-3-8(14)11(7)9-4-6(12(15,16)17)5-10(19)18-9/h1-5H,(H,18,19). The number of pyridine rings is 1. The third kappa shape index (κ3) is 2.81. The molecule has 100 valence electrons. The van der Waals surface area contributed by atoms with Gasteiger partial charge >= 0.3 is 6.18 Å². The molecule has 0 aliphatic carbocycles. The number of hydrogen-bond donors (Lipinski definition) is 1. The second kappa shape index (κ2) is 4.73. The molecule has 0 spiro atoms. The lowest BCUT2D eigenvalue weighted by molar-refractivity contribution is -0.137. The molecule has 0 bridgehead atoms. The highest BCUT2D eigenvalue weighted by atomic mass is 32.1. The molecular formula is C12H6F5NS. The van der Waals surface area contributed by atoms with Crippen LogP contribution in [0.15, 0.2) is 30.3 Å². The van der Waals surface area contributed by atoms with E-state index in [2.05, 4.69) is 17.2 Å². The Labute approximate surface area is 109 Å². The maximum atomic E-state index is 13.5. The van der Waals surface area contributed by atoms with Gasteiger partial charge in [-0.05, 0) is 24.3 Å². The summed E-state index contributed by atoms with van der Waals surface area (Å²) in [4.78, 5) is 2.35. The van der Waals surface area contributed by atoms with Crippen LogP contribution < -0.4 is 0 Å². The fourth-order valence-corrected chi connectivity index (χ4v) is 1.83. The summed E-state index contributed by atoms with van der Waals surface area (Å²) >= 11 is 4.64. The van der Waals surface area contributed by atoms with E-state index in [9.17, 15) is 22.0 Å². The van der Waals surface area contributed by atoms with Gasteiger partial charge in [0.15, 0.2) is 0 Å². The zero-order valence-electron chi connectivity index (χ0n) is 9.18. The lowest BCUT2D eigenvalue weighted by Crippen LogP contribution is -2.06. The number of nitrogens with one attached hydrogen (secondary N) is 1. The average molecular weight is 291 g/mol. The fraction of sp³-hybridized carbons (Fsp3) is 0.0833. The van der Waals surface area contributed by atoms with E-state index >= 15 is 0 Å². The fourth-order valence-electron chi connectivity index (χ4n) is 1.60. The summed E-state index contributed by atoms with van der Waals surface area (Å²) in [6.07, 6.45) is -4.64. The minimum atomic E-state index is -4.64. The van der Waals surface area contributed by atoms with Crippen LogP contribution in [0.4, 0.5) is 22.0 Å². The molecule has 2 rings (SSSR count). The van der Waals surface area contributed by atoms with Crippen molar-refractivity contribution in [3.05, 3.63) is 52.2 Å². The SMILES string of the molecule is Fc1cccc(F)c1-c1cc(C(F)(F)F)cc(=S)[nH]1. The number of hydrogen-bond acceptors (Lipinski definition) is 1. The molecule has 1 aromatic heterocycles. The van der Waals surface area contributed by atoms with Crippen LogP contribution in [-0.4, -0.2) is 4.98 Å². The summed E-state index contributed by atoms with van der Waals surface area (Å²) in [5.74, 6) is -1.94. The highest BCUT2D eigenvalue weighted by Gasteiger charge is 2.31. The van der Waals surface area contributed by atoms with Crippen LogP contribution in [0.5, 0.6) is 0 Å². The Balaban J connectivity index is 2.70. The molecule has 7 heteroatoms. The van der Waals surface area contributed by atoms with Gasteiger partial charge in [-0.1, -0.05) is 18.3 Å². The average Bonchev–Trinajstić information content (AvgIpc) is 2.26. The first-order chi connectivity index (χ1) is 8.79. The van der Waals surface area contributed by atoms with Gasteiger partial charge < -0.3 is 4.98 Å². The number of aromatic amines is 1. The number of benzene rings is 1. The third-order valence-corrected chi connectivity index (χ3v) is 2.62. The molecule has 0 unspecified atom stereocenters. The van der Waals surface area contributed by atoms with E-state index in [0.717, 1.165) is 18.2 Å². The van der Waals surface area contributed by atoms with E-state index in [1.54, 1.807) is 0 Å². The van der Waals surface area contributed by atoms with Gasteiger partial charge in [-0.15, -0.1) is 0 Å². The van der Waals surface area contributed by atoms with Crippen molar-refractivity contribution >= 4 is 12.2 Å². The molecule has 0 fully saturated rings. The van der Waals surface area contributed by atoms with Gasteiger partial charge in [0, 0.05) is 0 Å². The van der Waals surface area contributed by atoms with Gasteiger partial charge in [0.2, 0.25) is 0 Å². The van der Waals surface area contributed by atoms with E-state index in [0.29, 0.717) is 12.1 Å². The van der Waals surface area contributed by atoms with Crippen molar-refractivity contribution in [2.45, 2.75) is 6.18 Å². The molecule has 0 aliphatic rings. The van der Waals surface area contributed by atoms with Crippen molar-refractivity contribution in [1.29, 1.82) is 0 Å². The van der Waals surface area contributed by atoms with Crippen LogP contribution in [0.3, 0.4) is 0 Å². The Morgan fingerprint density at radius 3 is 2.11 bits per heavy atom. The summed E-state index contributed by atoms with van der Waals surface area (Å²) in [7, 11) is 0. The molecule has 0 aliphatic heterocycles. The molecule has 0 amide bonds. The number of halogens is 5. The third-order valence-electron chi connectivity index (χ3n) is 2.40. The van der Waals surface area contributed by atoms with Crippen molar-refractivity contribution in [3.8, 4) is 11.3 Å². The molecule has 1 N–H and O–H groups in total. The quantitative estimate of drug-likeness (QED) is 0.594. The Morgan fingerprint density at radius 2 is 1.58 bits per heavy atom. The van der Waals surface area contributed by atoms with Crippen LogP contribution in [0, 0.1) is 16.3 Å². The summed E-state index contributed by atoms with van der Waals surface area (Å²) in [5.41, 5.74) is -1.98.